The van der Waals surface area contributed by atoms with Crippen LogP contribution in [-0.2, 0) is 11.2 Å². The first-order valence-electron chi connectivity index (χ1n) is 6.74. The molecular formula is C16H14N2O4. The Morgan fingerprint density at radius 2 is 1.73 bits per heavy atom. The second-order valence-electron chi connectivity index (χ2n) is 4.94. The summed E-state index contributed by atoms with van der Waals surface area (Å²) in [4.78, 5) is 24.3. The van der Waals surface area contributed by atoms with E-state index in [0.717, 1.165) is 5.56 Å². The molecule has 0 bridgehead atoms. The summed E-state index contributed by atoms with van der Waals surface area (Å²) in [6.07, 6.45) is -1.72. The number of urea groups is 1. The Morgan fingerprint density at radius 3 is 2.41 bits per heavy atom. The van der Waals surface area contributed by atoms with Gasteiger partial charge in [0.1, 0.15) is 6.10 Å². The number of carbonyl (C=O) groups is 2. The van der Waals surface area contributed by atoms with Crippen LogP contribution in [0.2, 0.25) is 0 Å². The number of carboxylic acid groups (broad SMARTS) is 1. The van der Waals surface area contributed by atoms with Crippen molar-refractivity contribution < 1.29 is 19.4 Å². The lowest BCUT2D eigenvalue weighted by Gasteiger charge is -2.23. The maximum atomic E-state index is 12.0. The predicted octanol–water partition coefficient (Wildman–Crippen LogP) is 3.20. The van der Waals surface area contributed by atoms with Gasteiger partial charge in [-0.05, 0) is 17.7 Å². The lowest BCUT2D eigenvalue weighted by atomic mass is 10.0. The SMILES string of the molecule is NC(=O)N1c2ccccc2CC(OC(=O)O)c2ccccc21. The van der Waals surface area contributed by atoms with Crippen molar-refractivity contribution in [3.05, 3.63) is 59.7 Å². The summed E-state index contributed by atoms with van der Waals surface area (Å²) in [6, 6.07) is 13.6. The van der Waals surface area contributed by atoms with Crippen LogP contribution in [-0.4, -0.2) is 17.3 Å². The fraction of sp³-hybridized carbons (Fsp3) is 0.125. The Bertz CT molecular complexity index is 744. The normalized spacial score (nSPS) is 16.2. The molecule has 1 unspecified atom stereocenters. The first-order chi connectivity index (χ1) is 10.6. The number of hydrogen-bond acceptors (Lipinski definition) is 3. The molecule has 0 aromatic heterocycles. The first kappa shape index (κ1) is 13.9. The number of primary amides is 1. The van der Waals surface area contributed by atoms with Gasteiger partial charge >= 0.3 is 12.2 Å². The van der Waals surface area contributed by atoms with Gasteiger partial charge in [-0.25, -0.2) is 9.59 Å². The molecule has 22 heavy (non-hydrogen) atoms. The zero-order valence-corrected chi connectivity index (χ0v) is 11.6. The van der Waals surface area contributed by atoms with E-state index in [2.05, 4.69) is 0 Å². The topological polar surface area (TPSA) is 92.9 Å². The molecule has 0 spiro atoms. The highest BCUT2D eigenvalue weighted by Crippen LogP contribution is 2.41. The van der Waals surface area contributed by atoms with Crippen LogP contribution in [0.1, 0.15) is 17.2 Å². The maximum Gasteiger partial charge on any atom is 0.506 e. The van der Waals surface area contributed by atoms with Gasteiger partial charge in [-0.1, -0.05) is 36.4 Å². The van der Waals surface area contributed by atoms with Crippen molar-refractivity contribution >= 4 is 23.6 Å². The van der Waals surface area contributed by atoms with Crippen LogP contribution in [0.15, 0.2) is 48.5 Å². The molecule has 2 amide bonds. The van der Waals surface area contributed by atoms with Gasteiger partial charge in [0.25, 0.3) is 0 Å². The fourth-order valence-electron chi connectivity index (χ4n) is 2.77. The van der Waals surface area contributed by atoms with E-state index >= 15 is 0 Å². The van der Waals surface area contributed by atoms with E-state index < -0.39 is 18.3 Å². The largest absolute Gasteiger partial charge is 0.506 e. The molecule has 0 saturated carbocycles. The Labute approximate surface area is 126 Å². The Morgan fingerprint density at radius 1 is 1.09 bits per heavy atom. The van der Waals surface area contributed by atoms with Gasteiger partial charge < -0.3 is 15.6 Å². The predicted molar refractivity (Wildman–Crippen MR) is 80.2 cm³/mol. The van der Waals surface area contributed by atoms with Gasteiger partial charge in [-0.3, -0.25) is 4.90 Å². The molecule has 3 N–H and O–H groups in total. The second-order valence-corrected chi connectivity index (χ2v) is 4.94. The fourth-order valence-corrected chi connectivity index (χ4v) is 2.77. The number of nitrogens with zero attached hydrogens (tertiary/aromatic N) is 1. The molecule has 0 fully saturated rings. The average Bonchev–Trinajstić information content (AvgIpc) is 2.61. The Balaban J connectivity index is 2.23. The minimum Gasteiger partial charge on any atom is -0.450 e. The van der Waals surface area contributed by atoms with Gasteiger partial charge in [-0.15, -0.1) is 0 Å². The van der Waals surface area contributed by atoms with E-state index in [1.807, 2.05) is 12.1 Å². The Hall–Kier alpha value is -3.02. The number of rotatable bonds is 1. The molecule has 2 aromatic carbocycles. The van der Waals surface area contributed by atoms with Crippen LogP contribution >= 0.6 is 0 Å². The number of benzene rings is 2. The van der Waals surface area contributed by atoms with Crippen LogP contribution in [0.3, 0.4) is 0 Å². The van der Waals surface area contributed by atoms with Gasteiger partial charge in [-0.2, -0.15) is 0 Å². The van der Waals surface area contributed by atoms with E-state index in [1.54, 1.807) is 36.4 Å². The van der Waals surface area contributed by atoms with Crippen LogP contribution in [0.5, 0.6) is 0 Å². The number of ether oxygens (including phenoxy) is 1. The summed E-state index contributed by atoms with van der Waals surface area (Å²) >= 11 is 0. The molecule has 0 aliphatic carbocycles. The number of hydrogen-bond donors (Lipinski definition) is 2. The summed E-state index contributed by atoms with van der Waals surface area (Å²) in [5.74, 6) is 0. The van der Waals surface area contributed by atoms with E-state index in [4.69, 9.17) is 15.6 Å². The van der Waals surface area contributed by atoms with Crippen LogP contribution in [0.25, 0.3) is 0 Å². The molecule has 1 aliphatic heterocycles. The lowest BCUT2D eigenvalue weighted by molar-refractivity contribution is 0.0519. The van der Waals surface area contributed by atoms with Crippen LogP contribution < -0.4 is 10.6 Å². The van der Waals surface area contributed by atoms with Crippen molar-refractivity contribution in [1.82, 2.24) is 0 Å². The zero-order valence-electron chi connectivity index (χ0n) is 11.6. The second kappa shape index (κ2) is 5.40. The van der Waals surface area contributed by atoms with Crippen molar-refractivity contribution in [2.75, 3.05) is 4.90 Å². The molecule has 3 rings (SSSR count). The van der Waals surface area contributed by atoms with Crippen molar-refractivity contribution in [3.8, 4) is 0 Å². The summed E-state index contributed by atoms with van der Waals surface area (Å²) in [5, 5.41) is 8.98. The minimum atomic E-state index is -1.36. The third kappa shape index (κ3) is 2.35. The molecule has 6 heteroatoms. The highest BCUT2D eigenvalue weighted by Gasteiger charge is 2.30. The number of carbonyl (C=O) groups excluding carboxylic acids is 1. The van der Waals surface area contributed by atoms with Gasteiger partial charge in [0, 0.05) is 12.0 Å². The monoisotopic (exact) mass is 298 g/mol. The minimum absolute atomic E-state index is 0.337. The smallest absolute Gasteiger partial charge is 0.450 e. The summed E-state index contributed by atoms with van der Waals surface area (Å²) in [7, 11) is 0. The first-order valence-corrected chi connectivity index (χ1v) is 6.74. The molecule has 112 valence electrons. The van der Waals surface area contributed by atoms with Crippen molar-refractivity contribution in [2.24, 2.45) is 5.73 Å². The van der Waals surface area contributed by atoms with E-state index in [1.165, 1.54) is 4.90 Å². The summed E-state index contributed by atoms with van der Waals surface area (Å²) in [6.45, 7) is 0. The van der Waals surface area contributed by atoms with Crippen molar-refractivity contribution in [3.63, 3.8) is 0 Å². The van der Waals surface area contributed by atoms with Crippen LogP contribution in [0.4, 0.5) is 21.0 Å². The molecule has 6 nitrogen and oxygen atoms in total. The number of fused-ring (bicyclic) bond motifs is 2. The number of amides is 2. The maximum absolute atomic E-state index is 12.0. The Kier molecular flexibility index (Phi) is 3.42. The van der Waals surface area contributed by atoms with Gasteiger partial charge in [0.2, 0.25) is 0 Å². The molecule has 2 aromatic rings. The standard InChI is InChI=1S/C16H14N2O4/c17-15(19)18-12-7-3-1-5-10(12)9-14(22-16(20)21)11-6-2-4-8-13(11)18/h1-8,14H,9H2,(H2,17,19)(H,20,21). The molecule has 1 heterocycles. The zero-order chi connectivity index (χ0) is 15.7. The van der Waals surface area contributed by atoms with E-state index in [9.17, 15) is 9.59 Å². The highest BCUT2D eigenvalue weighted by molar-refractivity contribution is 6.00. The molecule has 1 atom stereocenters. The van der Waals surface area contributed by atoms with Gasteiger partial charge in [0.15, 0.2) is 0 Å². The lowest BCUT2D eigenvalue weighted by Crippen LogP contribution is -2.32. The molecule has 1 aliphatic rings. The van der Waals surface area contributed by atoms with Crippen molar-refractivity contribution in [2.45, 2.75) is 12.5 Å². The highest BCUT2D eigenvalue weighted by atomic mass is 16.7. The quantitative estimate of drug-likeness (QED) is 0.791. The molecule has 0 radical (unpaired) electrons. The number of anilines is 2. The third-order valence-corrected chi connectivity index (χ3v) is 3.63. The summed E-state index contributed by atoms with van der Waals surface area (Å²) in [5.41, 5.74) is 8.12. The third-order valence-electron chi connectivity index (χ3n) is 3.63. The molecular weight excluding hydrogens is 284 g/mol. The number of nitrogens with two attached hydrogens (primary N) is 1. The summed E-state index contributed by atoms with van der Waals surface area (Å²) < 4.78 is 5.02. The van der Waals surface area contributed by atoms with Gasteiger partial charge in [0.05, 0.1) is 11.4 Å². The molecule has 0 saturated heterocycles. The van der Waals surface area contributed by atoms with Crippen LogP contribution in [0, 0.1) is 0 Å². The van der Waals surface area contributed by atoms with E-state index in [-0.39, 0.29) is 0 Å². The average molecular weight is 298 g/mol. The van der Waals surface area contributed by atoms with Crippen molar-refractivity contribution in [1.29, 1.82) is 0 Å². The number of para-hydroxylation sites is 2. The van der Waals surface area contributed by atoms with E-state index in [0.29, 0.717) is 23.4 Å².